The molecule has 0 aliphatic carbocycles. The fourth-order valence-corrected chi connectivity index (χ4v) is 6.15. The molecule has 246 valence electrons. The third kappa shape index (κ3) is 8.51. The number of carbonyl (C=O) groups excluding carboxylic acids is 2. The Morgan fingerprint density at radius 2 is 1.49 bits per heavy atom. The third-order valence-electron chi connectivity index (χ3n) is 8.70. The highest BCUT2D eigenvalue weighted by Gasteiger charge is 2.41. The van der Waals surface area contributed by atoms with Crippen LogP contribution in [0.3, 0.4) is 0 Å². The minimum absolute atomic E-state index is 0.157. The van der Waals surface area contributed by atoms with Crippen LogP contribution in [-0.4, -0.2) is 57.5 Å². The van der Waals surface area contributed by atoms with Crippen LogP contribution in [0.5, 0.6) is 17.2 Å². The highest BCUT2D eigenvalue weighted by molar-refractivity contribution is 5.95. The summed E-state index contributed by atoms with van der Waals surface area (Å²) in [4.78, 5) is 29.1. The monoisotopic (exact) mass is 637 g/mol. The minimum atomic E-state index is -0.606. The van der Waals surface area contributed by atoms with Gasteiger partial charge in [0, 0.05) is 11.8 Å². The van der Waals surface area contributed by atoms with E-state index in [2.05, 4.69) is 0 Å². The molecule has 4 aromatic carbocycles. The van der Waals surface area contributed by atoms with Crippen molar-refractivity contribution in [3.05, 3.63) is 125 Å². The maximum atomic E-state index is 14.6. The molecule has 0 saturated carbocycles. The normalized spacial score (nSPS) is 15.5. The number of cyclic esters (lactones) is 1. The van der Waals surface area contributed by atoms with Crippen molar-refractivity contribution in [3.63, 3.8) is 0 Å². The average molecular weight is 638 g/mol. The summed E-state index contributed by atoms with van der Waals surface area (Å²) in [6.45, 7) is 2.92. The molecule has 1 heterocycles. The fourth-order valence-electron chi connectivity index (χ4n) is 6.15. The zero-order valence-electron chi connectivity index (χ0n) is 27.5. The Morgan fingerprint density at radius 1 is 0.809 bits per heavy atom. The molecule has 2 amide bonds. The number of carbonyl (C=O) groups is 2. The number of methoxy groups -OCH3 is 3. The smallest absolute Gasteiger partial charge is 0.416 e. The van der Waals surface area contributed by atoms with E-state index < -0.39 is 18.1 Å². The summed E-state index contributed by atoms with van der Waals surface area (Å²) in [5.74, 6) is 0.926. The van der Waals surface area contributed by atoms with Gasteiger partial charge in [0.1, 0.15) is 12.4 Å². The van der Waals surface area contributed by atoms with E-state index in [1.54, 1.807) is 21.3 Å². The van der Waals surface area contributed by atoms with Crippen LogP contribution in [0.2, 0.25) is 0 Å². The molecule has 8 heteroatoms. The topological polar surface area (TPSA) is 83.5 Å². The molecular weight excluding hydrogens is 594 g/mol. The van der Waals surface area contributed by atoms with Gasteiger partial charge in [0.25, 0.3) is 0 Å². The Bertz CT molecular complexity index is 1630. The maximum absolute atomic E-state index is 14.6. The molecular formula is C39H43NO7. The first-order chi connectivity index (χ1) is 22.9. The highest BCUT2D eigenvalue weighted by Crippen LogP contribution is 2.36. The van der Waals surface area contributed by atoms with Crippen molar-refractivity contribution in [2.45, 2.75) is 44.8 Å². The standard InChI is InChI=1S/C39H43NO7/c1-27-15-16-30(21-36(27)44-3)19-32(38(41)40-34(26-47-39(40)42)20-28-11-7-5-8-12-28)22-33(25-46-24-29-13-9-6-10-14-29)31-17-18-35(43-2)37(23-31)45-4/h5-18,21,23,32-34H,19-20,22,24-26H2,1-4H3/t32-,33+,34-/m0/s1. The molecule has 0 bridgehead atoms. The summed E-state index contributed by atoms with van der Waals surface area (Å²) in [6.07, 6.45) is 0.731. The molecule has 5 rings (SSSR count). The molecule has 0 radical (unpaired) electrons. The SMILES string of the molecule is COc1cc(C[C@@H](C[C@H](COCc2ccccc2)c2ccc(OC)c(OC)c2)C(=O)N2C(=O)OC[C@@H]2Cc2ccccc2)ccc1C. The van der Waals surface area contributed by atoms with Gasteiger partial charge in [-0.15, -0.1) is 0 Å². The van der Waals surface area contributed by atoms with Crippen molar-refractivity contribution in [3.8, 4) is 17.2 Å². The van der Waals surface area contributed by atoms with Gasteiger partial charge in [-0.25, -0.2) is 9.69 Å². The zero-order chi connectivity index (χ0) is 33.2. The number of amides is 2. The van der Waals surface area contributed by atoms with E-state index in [0.717, 1.165) is 33.6 Å². The lowest BCUT2D eigenvalue weighted by atomic mass is 9.84. The van der Waals surface area contributed by atoms with Crippen LogP contribution in [0, 0.1) is 12.8 Å². The summed E-state index contributed by atoms with van der Waals surface area (Å²) in [6, 6.07) is 31.2. The van der Waals surface area contributed by atoms with Gasteiger partial charge in [0.15, 0.2) is 11.5 Å². The molecule has 0 N–H and O–H groups in total. The number of hydrogen-bond acceptors (Lipinski definition) is 7. The van der Waals surface area contributed by atoms with Crippen LogP contribution in [0.1, 0.15) is 40.2 Å². The number of nitrogens with zero attached hydrogens (tertiary/aromatic N) is 1. The molecule has 0 spiro atoms. The van der Waals surface area contributed by atoms with Gasteiger partial charge >= 0.3 is 6.09 Å². The van der Waals surface area contributed by atoms with Gasteiger partial charge in [-0.05, 0) is 72.2 Å². The van der Waals surface area contributed by atoms with Crippen molar-refractivity contribution in [2.24, 2.45) is 5.92 Å². The van der Waals surface area contributed by atoms with E-state index in [-0.39, 0.29) is 18.4 Å². The summed E-state index contributed by atoms with van der Waals surface area (Å²) >= 11 is 0. The van der Waals surface area contributed by atoms with E-state index in [0.29, 0.717) is 44.0 Å². The molecule has 1 fully saturated rings. The Morgan fingerprint density at radius 3 is 2.17 bits per heavy atom. The maximum Gasteiger partial charge on any atom is 0.416 e. The minimum Gasteiger partial charge on any atom is -0.496 e. The van der Waals surface area contributed by atoms with Crippen LogP contribution in [0.4, 0.5) is 4.79 Å². The first-order valence-electron chi connectivity index (χ1n) is 15.9. The van der Waals surface area contributed by atoms with E-state index in [4.69, 9.17) is 23.7 Å². The molecule has 4 aromatic rings. The van der Waals surface area contributed by atoms with Crippen molar-refractivity contribution in [1.29, 1.82) is 0 Å². The third-order valence-corrected chi connectivity index (χ3v) is 8.70. The quantitative estimate of drug-likeness (QED) is 0.137. The predicted octanol–water partition coefficient (Wildman–Crippen LogP) is 7.16. The van der Waals surface area contributed by atoms with Crippen molar-refractivity contribution in [1.82, 2.24) is 4.90 Å². The first kappa shape index (κ1) is 33.5. The summed E-state index contributed by atoms with van der Waals surface area (Å²) in [5.41, 5.74) is 4.98. The average Bonchev–Trinajstić information content (AvgIpc) is 3.47. The molecule has 1 aliphatic rings. The molecule has 0 unspecified atom stereocenters. The molecule has 8 nitrogen and oxygen atoms in total. The lowest BCUT2D eigenvalue weighted by Crippen LogP contribution is -2.44. The molecule has 1 aliphatic heterocycles. The van der Waals surface area contributed by atoms with E-state index in [1.807, 2.05) is 104 Å². The summed E-state index contributed by atoms with van der Waals surface area (Å²) < 4.78 is 28.5. The van der Waals surface area contributed by atoms with Crippen LogP contribution in [0.25, 0.3) is 0 Å². The molecule has 47 heavy (non-hydrogen) atoms. The Balaban J connectivity index is 1.48. The van der Waals surface area contributed by atoms with Gasteiger partial charge in [-0.1, -0.05) is 78.9 Å². The van der Waals surface area contributed by atoms with Crippen molar-refractivity contribution >= 4 is 12.0 Å². The number of ether oxygens (including phenoxy) is 5. The molecule has 3 atom stereocenters. The number of benzene rings is 4. The summed E-state index contributed by atoms with van der Waals surface area (Å²) in [7, 11) is 4.84. The zero-order valence-corrected chi connectivity index (χ0v) is 27.5. The second-order valence-electron chi connectivity index (χ2n) is 11.9. The van der Waals surface area contributed by atoms with Crippen LogP contribution < -0.4 is 14.2 Å². The van der Waals surface area contributed by atoms with E-state index in [9.17, 15) is 9.59 Å². The van der Waals surface area contributed by atoms with E-state index >= 15 is 0 Å². The number of hydrogen-bond donors (Lipinski definition) is 0. The lowest BCUT2D eigenvalue weighted by molar-refractivity contribution is -0.134. The number of rotatable bonds is 15. The van der Waals surface area contributed by atoms with Crippen LogP contribution in [0.15, 0.2) is 97.1 Å². The number of imide groups is 1. The van der Waals surface area contributed by atoms with Crippen molar-refractivity contribution in [2.75, 3.05) is 34.5 Å². The molecule has 0 aromatic heterocycles. The lowest BCUT2D eigenvalue weighted by Gasteiger charge is -2.28. The van der Waals surface area contributed by atoms with Gasteiger partial charge in [-0.2, -0.15) is 0 Å². The largest absolute Gasteiger partial charge is 0.496 e. The predicted molar refractivity (Wildman–Crippen MR) is 180 cm³/mol. The Kier molecular flexibility index (Phi) is 11.5. The molecule has 1 saturated heterocycles. The number of aryl methyl sites for hydroxylation is 1. The van der Waals surface area contributed by atoms with Gasteiger partial charge in [-0.3, -0.25) is 4.79 Å². The van der Waals surface area contributed by atoms with Crippen LogP contribution in [-0.2, 0) is 33.7 Å². The van der Waals surface area contributed by atoms with E-state index in [1.165, 1.54) is 4.90 Å². The van der Waals surface area contributed by atoms with Gasteiger partial charge in [0.2, 0.25) is 5.91 Å². The second kappa shape index (κ2) is 16.1. The fraction of sp³-hybridized carbons (Fsp3) is 0.333. The highest BCUT2D eigenvalue weighted by atomic mass is 16.6. The van der Waals surface area contributed by atoms with Gasteiger partial charge in [0.05, 0.1) is 40.6 Å². The van der Waals surface area contributed by atoms with Crippen LogP contribution >= 0.6 is 0 Å². The second-order valence-corrected chi connectivity index (χ2v) is 11.9. The Hall–Kier alpha value is -4.82. The van der Waals surface area contributed by atoms with Crippen molar-refractivity contribution < 1.29 is 33.3 Å². The van der Waals surface area contributed by atoms with Gasteiger partial charge < -0.3 is 23.7 Å². The summed E-state index contributed by atoms with van der Waals surface area (Å²) in [5, 5.41) is 0. The Labute approximate surface area is 277 Å². The first-order valence-corrected chi connectivity index (χ1v) is 15.9.